The minimum absolute atomic E-state index is 0.193. The highest BCUT2D eigenvalue weighted by atomic mass is 32.1. The summed E-state index contributed by atoms with van der Waals surface area (Å²) >= 11 is 4.59. The quantitative estimate of drug-likeness (QED) is 0.524. The molecule has 1 amide bonds. The molecule has 1 aliphatic rings. The van der Waals surface area contributed by atoms with Crippen molar-refractivity contribution in [1.82, 2.24) is 4.90 Å². The lowest BCUT2D eigenvalue weighted by Crippen LogP contribution is -2.45. The number of amides is 1. The van der Waals surface area contributed by atoms with E-state index in [1.54, 1.807) is 4.90 Å². The zero-order chi connectivity index (χ0) is 12.2. The Hall–Kier alpha value is -0.930. The number of hydrogen-bond donors (Lipinski definition) is 0. The van der Waals surface area contributed by atoms with Gasteiger partial charge in [0.25, 0.3) is 0 Å². The SMILES string of the molecule is CC(C)(C)OC(=O)N1CCCCC1N=C=S. The van der Waals surface area contributed by atoms with E-state index in [1.165, 1.54) is 0 Å². The van der Waals surface area contributed by atoms with Crippen LogP contribution < -0.4 is 0 Å². The molecule has 0 aliphatic carbocycles. The number of carbonyl (C=O) groups is 1. The minimum Gasteiger partial charge on any atom is -0.444 e. The van der Waals surface area contributed by atoms with Gasteiger partial charge in [0.2, 0.25) is 0 Å². The largest absolute Gasteiger partial charge is 0.444 e. The number of hydrogen-bond acceptors (Lipinski definition) is 4. The van der Waals surface area contributed by atoms with Crippen molar-refractivity contribution in [2.45, 2.75) is 51.8 Å². The van der Waals surface area contributed by atoms with Crippen molar-refractivity contribution >= 4 is 23.5 Å². The highest BCUT2D eigenvalue weighted by Crippen LogP contribution is 2.20. The fraction of sp³-hybridized carbons (Fsp3) is 0.818. The van der Waals surface area contributed by atoms with Crippen LogP contribution in [0.2, 0.25) is 0 Å². The van der Waals surface area contributed by atoms with Gasteiger partial charge in [-0.3, -0.25) is 4.90 Å². The van der Waals surface area contributed by atoms with Gasteiger partial charge in [-0.25, -0.2) is 9.79 Å². The Labute approximate surface area is 102 Å². The molecular weight excluding hydrogens is 224 g/mol. The van der Waals surface area contributed by atoms with Crippen molar-refractivity contribution in [3.05, 3.63) is 0 Å². The average Bonchev–Trinajstić information content (AvgIpc) is 2.16. The number of piperidine rings is 1. The minimum atomic E-state index is -0.472. The predicted molar refractivity (Wildman–Crippen MR) is 65.6 cm³/mol. The summed E-state index contributed by atoms with van der Waals surface area (Å²) in [6.07, 6.45) is 2.38. The molecule has 0 radical (unpaired) electrons. The standard InChI is InChI=1S/C11H18N2O2S/c1-11(2,3)15-10(14)13-7-5-4-6-9(13)12-8-16/h9H,4-7H2,1-3H3. The third kappa shape index (κ3) is 3.91. The van der Waals surface area contributed by atoms with E-state index >= 15 is 0 Å². The topological polar surface area (TPSA) is 41.9 Å². The lowest BCUT2D eigenvalue weighted by atomic mass is 10.1. The molecule has 0 saturated carbocycles. The maximum atomic E-state index is 11.9. The summed E-state index contributed by atoms with van der Waals surface area (Å²) in [7, 11) is 0. The van der Waals surface area contributed by atoms with Crippen LogP contribution in [0.4, 0.5) is 4.79 Å². The third-order valence-electron chi connectivity index (χ3n) is 2.30. The van der Waals surface area contributed by atoms with Crippen molar-refractivity contribution < 1.29 is 9.53 Å². The first-order valence-electron chi connectivity index (χ1n) is 5.50. The van der Waals surface area contributed by atoms with Gasteiger partial charge in [-0.2, -0.15) is 0 Å². The zero-order valence-electron chi connectivity index (χ0n) is 10.0. The number of likely N-dealkylation sites (tertiary alicyclic amines) is 1. The predicted octanol–water partition coefficient (Wildman–Crippen LogP) is 2.84. The number of rotatable bonds is 1. The fourth-order valence-electron chi connectivity index (χ4n) is 1.64. The van der Waals surface area contributed by atoms with Gasteiger partial charge in [0.15, 0.2) is 0 Å². The normalized spacial score (nSPS) is 21.2. The highest BCUT2D eigenvalue weighted by Gasteiger charge is 2.29. The summed E-state index contributed by atoms with van der Waals surface area (Å²) in [6.45, 7) is 6.24. The van der Waals surface area contributed by atoms with Gasteiger partial charge in [-0.15, -0.1) is 0 Å². The van der Waals surface area contributed by atoms with Crippen molar-refractivity contribution in [1.29, 1.82) is 0 Å². The summed E-state index contributed by atoms with van der Waals surface area (Å²) in [5.41, 5.74) is -0.472. The molecule has 0 aromatic heterocycles. The van der Waals surface area contributed by atoms with Crippen molar-refractivity contribution in [2.24, 2.45) is 4.99 Å². The molecular formula is C11H18N2O2S. The van der Waals surface area contributed by atoms with Crippen LogP contribution in [0.1, 0.15) is 40.0 Å². The molecule has 4 nitrogen and oxygen atoms in total. The van der Waals surface area contributed by atoms with Crippen LogP contribution in [-0.4, -0.2) is 34.5 Å². The summed E-state index contributed by atoms with van der Waals surface area (Å²) < 4.78 is 5.32. The van der Waals surface area contributed by atoms with E-state index in [4.69, 9.17) is 4.74 Å². The van der Waals surface area contributed by atoms with Crippen LogP contribution in [0.15, 0.2) is 4.99 Å². The second-order valence-corrected chi connectivity index (χ2v) is 5.05. The number of carbonyl (C=O) groups excluding carboxylic acids is 1. The van der Waals surface area contributed by atoms with Gasteiger partial charge in [0.05, 0.1) is 5.16 Å². The first-order valence-corrected chi connectivity index (χ1v) is 5.91. The Bertz CT molecular complexity index is 306. The van der Waals surface area contributed by atoms with E-state index in [9.17, 15) is 4.79 Å². The van der Waals surface area contributed by atoms with Crippen LogP contribution in [0.5, 0.6) is 0 Å². The average molecular weight is 242 g/mol. The van der Waals surface area contributed by atoms with Crippen LogP contribution in [-0.2, 0) is 4.74 Å². The Balaban J connectivity index is 2.68. The van der Waals surface area contributed by atoms with Gasteiger partial charge < -0.3 is 4.74 Å². The summed E-state index contributed by atoms with van der Waals surface area (Å²) in [5, 5.41) is 2.34. The summed E-state index contributed by atoms with van der Waals surface area (Å²) in [6, 6.07) is 0. The van der Waals surface area contributed by atoms with Gasteiger partial charge in [-0.1, -0.05) is 0 Å². The summed E-state index contributed by atoms with van der Waals surface area (Å²) in [4.78, 5) is 17.5. The Morgan fingerprint density at radius 1 is 1.50 bits per heavy atom. The van der Waals surface area contributed by atoms with Crippen molar-refractivity contribution in [3.8, 4) is 0 Å². The Morgan fingerprint density at radius 2 is 2.19 bits per heavy atom. The van der Waals surface area contributed by atoms with Gasteiger partial charge >= 0.3 is 6.09 Å². The molecule has 16 heavy (non-hydrogen) atoms. The number of isothiocyanates is 1. The third-order valence-corrected chi connectivity index (χ3v) is 2.41. The van der Waals surface area contributed by atoms with E-state index in [1.807, 2.05) is 20.8 Å². The maximum absolute atomic E-state index is 11.9. The second kappa shape index (κ2) is 5.41. The number of ether oxygens (including phenoxy) is 1. The second-order valence-electron chi connectivity index (χ2n) is 4.87. The molecule has 90 valence electrons. The maximum Gasteiger partial charge on any atom is 0.412 e. The molecule has 0 spiro atoms. The Kier molecular flexibility index (Phi) is 4.44. The molecule has 0 N–H and O–H groups in total. The fourth-order valence-corrected chi connectivity index (χ4v) is 1.76. The van der Waals surface area contributed by atoms with Crippen molar-refractivity contribution in [2.75, 3.05) is 6.54 Å². The molecule has 1 aliphatic heterocycles. The van der Waals surface area contributed by atoms with E-state index in [0.717, 1.165) is 19.3 Å². The van der Waals surface area contributed by atoms with Crippen molar-refractivity contribution in [3.63, 3.8) is 0 Å². The molecule has 0 bridgehead atoms. The van der Waals surface area contributed by atoms with Gasteiger partial charge in [0, 0.05) is 6.54 Å². The van der Waals surface area contributed by atoms with E-state index < -0.39 is 5.60 Å². The zero-order valence-corrected chi connectivity index (χ0v) is 10.8. The number of thiocarbonyl (C=S) groups is 1. The van der Waals surface area contributed by atoms with E-state index in [-0.39, 0.29) is 12.3 Å². The first kappa shape index (κ1) is 13.1. The molecule has 1 heterocycles. The van der Waals surface area contributed by atoms with Crippen LogP contribution >= 0.6 is 12.2 Å². The molecule has 5 heteroatoms. The smallest absolute Gasteiger partial charge is 0.412 e. The van der Waals surface area contributed by atoms with E-state index in [0.29, 0.717) is 6.54 Å². The van der Waals surface area contributed by atoms with Crippen LogP contribution in [0.25, 0.3) is 0 Å². The van der Waals surface area contributed by atoms with E-state index in [2.05, 4.69) is 22.4 Å². The number of nitrogens with zero attached hydrogens (tertiary/aromatic N) is 2. The molecule has 1 atom stereocenters. The molecule has 0 aromatic carbocycles. The monoisotopic (exact) mass is 242 g/mol. The molecule has 1 fully saturated rings. The molecule has 1 unspecified atom stereocenters. The van der Waals surface area contributed by atoms with Gasteiger partial charge in [0.1, 0.15) is 11.8 Å². The highest BCUT2D eigenvalue weighted by molar-refractivity contribution is 7.78. The lowest BCUT2D eigenvalue weighted by Gasteiger charge is -2.33. The Morgan fingerprint density at radius 3 is 2.75 bits per heavy atom. The van der Waals surface area contributed by atoms with Crippen LogP contribution in [0.3, 0.4) is 0 Å². The lowest BCUT2D eigenvalue weighted by molar-refractivity contribution is 0.0111. The number of aliphatic imine (C=N–C) groups is 1. The molecule has 0 aromatic rings. The summed E-state index contributed by atoms with van der Waals surface area (Å²) in [5.74, 6) is 0. The first-order chi connectivity index (χ1) is 7.44. The van der Waals surface area contributed by atoms with Gasteiger partial charge in [-0.05, 0) is 52.3 Å². The van der Waals surface area contributed by atoms with Crippen LogP contribution in [0, 0.1) is 0 Å². The molecule has 1 saturated heterocycles. The molecule has 1 rings (SSSR count).